The first-order chi connectivity index (χ1) is 12.4. The van der Waals surface area contributed by atoms with Crippen molar-refractivity contribution >= 4 is 22.4 Å². The number of ether oxygens (including phenoxy) is 2. The third-order valence-corrected chi connectivity index (χ3v) is 4.87. The molecule has 8 heteroatoms. The minimum absolute atomic E-state index is 0.104. The predicted molar refractivity (Wildman–Crippen MR) is 98.3 cm³/mol. The summed E-state index contributed by atoms with van der Waals surface area (Å²) in [6.07, 6.45) is 0.392. The summed E-state index contributed by atoms with van der Waals surface area (Å²) < 4.78 is 24.3. The van der Waals surface area contributed by atoms with Crippen LogP contribution in [0.1, 0.15) is 29.9 Å². The Morgan fingerprint density at radius 1 is 1.42 bits per heavy atom. The standard InChI is InChI=1S/C18H22FN3O3S/c1-11-7-22(8-12(2)25-11)9-14-10-26-18(20-14)21-17(23)13-4-5-16(24-3)15(19)6-13/h4-6,10-12H,7-9H2,1-3H3,(H,20,21,23)/t11-,12-/m0/s1. The van der Waals surface area contributed by atoms with E-state index in [0.29, 0.717) is 11.7 Å². The summed E-state index contributed by atoms with van der Waals surface area (Å²) in [6, 6.07) is 4.10. The fraction of sp³-hybridized carbons (Fsp3) is 0.444. The van der Waals surface area contributed by atoms with E-state index in [4.69, 9.17) is 9.47 Å². The van der Waals surface area contributed by atoms with Gasteiger partial charge in [0, 0.05) is 30.6 Å². The second kappa shape index (κ2) is 8.11. The van der Waals surface area contributed by atoms with Crippen molar-refractivity contribution < 1.29 is 18.7 Å². The van der Waals surface area contributed by atoms with Gasteiger partial charge in [-0.15, -0.1) is 11.3 Å². The van der Waals surface area contributed by atoms with Crippen molar-refractivity contribution in [1.82, 2.24) is 9.88 Å². The lowest BCUT2D eigenvalue weighted by molar-refractivity contribution is -0.0707. The van der Waals surface area contributed by atoms with Crippen molar-refractivity contribution in [1.29, 1.82) is 0 Å². The molecule has 1 fully saturated rings. The molecule has 0 unspecified atom stereocenters. The zero-order chi connectivity index (χ0) is 18.7. The van der Waals surface area contributed by atoms with Crippen molar-refractivity contribution in [2.45, 2.75) is 32.6 Å². The van der Waals surface area contributed by atoms with Gasteiger partial charge in [0.05, 0.1) is 25.0 Å². The van der Waals surface area contributed by atoms with Crippen molar-refractivity contribution in [3.05, 3.63) is 40.7 Å². The van der Waals surface area contributed by atoms with E-state index in [9.17, 15) is 9.18 Å². The summed E-state index contributed by atoms with van der Waals surface area (Å²) in [5.41, 5.74) is 1.11. The third-order valence-electron chi connectivity index (χ3n) is 4.07. The van der Waals surface area contributed by atoms with E-state index in [1.54, 1.807) is 0 Å². The van der Waals surface area contributed by atoms with Gasteiger partial charge in [0.15, 0.2) is 16.7 Å². The molecule has 26 heavy (non-hydrogen) atoms. The quantitative estimate of drug-likeness (QED) is 0.865. The highest BCUT2D eigenvalue weighted by Gasteiger charge is 2.23. The number of amides is 1. The minimum atomic E-state index is -0.574. The number of benzene rings is 1. The molecule has 1 aliphatic rings. The van der Waals surface area contributed by atoms with Gasteiger partial charge in [0.25, 0.3) is 5.91 Å². The van der Waals surface area contributed by atoms with E-state index in [1.165, 1.54) is 30.6 Å². The highest BCUT2D eigenvalue weighted by molar-refractivity contribution is 7.13. The summed E-state index contributed by atoms with van der Waals surface area (Å²) in [4.78, 5) is 19.0. The summed E-state index contributed by atoms with van der Waals surface area (Å²) in [6.45, 7) is 6.54. The normalized spacial score (nSPS) is 20.8. The Morgan fingerprint density at radius 3 is 2.81 bits per heavy atom. The van der Waals surface area contributed by atoms with Crippen LogP contribution in [0.2, 0.25) is 0 Å². The van der Waals surface area contributed by atoms with E-state index in [0.717, 1.165) is 24.8 Å². The molecule has 1 aromatic heterocycles. The first-order valence-electron chi connectivity index (χ1n) is 8.41. The number of nitrogens with one attached hydrogen (secondary N) is 1. The fourth-order valence-corrected chi connectivity index (χ4v) is 3.75. The molecule has 0 aliphatic carbocycles. The molecule has 2 aromatic rings. The van der Waals surface area contributed by atoms with Gasteiger partial charge in [-0.2, -0.15) is 0 Å². The number of hydrogen-bond acceptors (Lipinski definition) is 6. The molecule has 1 amide bonds. The number of anilines is 1. The van der Waals surface area contributed by atoms with E-state index in [-0.39, 0.29) is 23.5 Å². The van der Waals surface area contributed by atoms with Crippen LogP contribution < -0.4 is 10.1 Å². The molecule has 3 rings (SSSR count). The number of halogens is 1. The van der Waals surface area contributed by atoms with Gasteiger partial charge in [-0.05, 0) is 32.0 Å². The van der Waals surface area contributed by atoms with Crippen molar-refractivity contribution in [2.24, 2.45) is 0 Å². The fourth-order valence-electron chi connectivity index (χ4n) is 3.06. The Hall–Kier alpha value is -2.03. The van der Waals surface area contributed by atoms with Gasteiger partial charge < -0.3 is 9.47 Å². The van der Waals surface area contributed by atoms with Crippen LogP contribution >= 0.6 is 11.3 Å². The lowest BCUT2D eigenvalue weighted by Crippen LogP contribution is -2.44. The number of carbonyl (C=O) groups is 1. The van der Waals surface area contributed by atoms with E-state index >= 15 is 0 Å². The second-order valence-electron chi connectivity index (χ2n) is 6.40. The monoisotopic (exact) mass is 379 g/mol. The highest BCUT2D eigenvalue weighted by atomic mass is 32.1. The lowest BCUT2D eigenvalue weighted by atomic mass is 10.2. The molecule has 0 radical (unpaired) electrons. The Morgan fingerprint density at radius 2 is 2.15 bits per heavy atom. The van der Waals surface area contributed by atoms with Gasteiger partial charge in [-0.3, -0.25) is 15.0 Å². The first kappa shape index (κ1) is 18.8. The number of morpholine rings is 1. The van der Waals surface area contributed by atoms with Crippen LogP contribution in [0.3, 0.4) is 0 Å². The Balaban J connectivity index is 1.61. The summed E-state index contributed by atoms with van der Waals surface area (Å²) in [5.74, 6) is -0.872. The van der Waals surface area contributed by atoms with Crippen LogP contribution in [0.5, 0.6) is 5.75 Å². The zero-order valence-electron chi connectivity index (χ0n) is 15.0. The Kier molecular flexibility index (Phi) is 5.85. The molecule has 140 valence electrons. The van der Waals surface area contributed by atoms with Crippen LogP contribution in [-0.2, 0) is 11.3 Å². The molecule has 2 heterocycles. The SMILES string of the molecule is COc1ccc(C(=O)Nc2nc(CN3C[C@H](C)O[C@@H](C)C3)cs2)cc1F. The highest BCUT2D eigenvalue weighted by Crippen LogP contribution is 2.21. The molecule has 1 aliphatic heterocycles. The zero-order valence-corrected chi connectivity index (χ0v) is 15.8. The second-order valence-corrected chi connectivity index (χ2v) is 7.26. The molecule has 1 saturated heterocycles. The van der Waals surface area contributed by atoms with Gasteiger partial charge >= 0.3 is 0 Å². The first-order valence-corrected chi connectivity index (χ1v) is 9.29. The van der Waals surface area contributed by atoms with Crippen LogP contribution in [-0.4, -0.2) is 48.2 Å². The predicted octanol–water partition coefficient (Wildman–Crippen LogP) is 3.15. The summed E-state index contributed by atoms with van der Waals surface area (Å²) in [7, 11) is 1.38. The van der Waals surface area contributed by atoms with Crippen LogP contribution in [0.15, 0.2) is 23.6 Å². The third kappa shape index (κ3) is 4.57. The molecular formula is C18H22FN3O3S. The molecule has 6 nitrogen and oxygen atoms in total. The Bertz CT molecular complexity index is 773. The average molecular weight is 379 g/mol. The van der Waals surface area contributed by atoms with Gasteiger partial charge in [0.2, 0.25) is 0 Å². The van der Waals surface area contributed by atoms with Crippen molar-refractivity contribution in [2.75, 3.05) is 25.5 Å². The maximum absolute atomic E-state index is 13.7. The lowest BCUT2D eigenvalue weighted by Gasteiger charge is -2.34. The van der Waals surface area contributed by atoms with Gasteiger partial charge in [-0.1, -0.05) is 0 Å². The molecular weight excluding hydrogens is 357 g/mol. The number of hydrogen-bond donors (Lipinski definition) is 1. The van der Waals surface area contributed by atoms with Crippen molar-refractivity contribution in [3.8, 4) is 5.75 Å². The van der Waals surface area contributed by atoms with E-state index in [2.05, 4.69) is 29.0 Å². The van der Waals surface area contributed by atoms with Crippen LogP contribution in [0.25, 0.3) is 0 Å². The van der Waals surface area contributed by atoms with Gasteiger partial charge in [0.1, 0.15) is 0 Å². The van der Waals surface area contributed by atoms with Crippen molar-refractivity contribution in [3.63, 3.8) is 0 Å². The number of thiazole rings is 1. The topological polar surface area (TPSA) is 63.7 Å². The molecule has 0 spiro atoms. The Labute approximate surface area is 155 Å². The minimum Gasteiger partial charge on any atom is -0.494 e. The maximum Gasteiger partial charge on any atom is 0.257 e. The van der Waals surface area contributed by atoms with Crippen LogP contribution in [0.4, 0.5) is 9.52 Å². The molecule has 0 saturated carbocycles. The summed E-state index contributed by atoms with van der Waals surface area (Å²) >= 11 is 1.36. The largest absolute Gasteiger partial charge is 0.494 e. The summed E-state index contributed by atoms with van der Waals surface area (Å²) in [5, 5.41) is 5.14. The number of nitrogens with zero attached hydrogens (tertiary/aromatic N) is 2. The number of carbonyl (C=O) groups excluding carboxylic acids is 1. The van der Waals surface area contributed by atoms with E-state index in [1.807, 2.05) is 5.38 Å². The number of methoxy groups -OCH3 is 1. The molecule has 2 atom stereocenters. The van der Waals surface area contributed by atoms with Crippen LogP contribution in [0, 0.1) is 5.82 Å². The number of aromatic nitrogens is 1. The molecule has 1 aromatic carbocycles. The number of rotatable bonds is 5. The average Bonchev–Trinajstić information content (AvgIpc) is 3.00. The molecule has 1 N–H and O–H groups in total. The van der Waals surface area contributed by atoms with Gasteiger partial charge in [-0.25, -0.2) is 9.37 Å². The molecule has 0 bridgehead atoms. The smallest absolute Gasteiger partial charge is 0.257 e. The van der Waals surface area contributed by atoms with E-state index < -0.39 is 11.7 Å². The maximum atomic E-state index is 13.7.